The van der Waals surface area contributed by atoms with E-state index in [9.17, 15) is 18.4 Å². The summed E-state index contributed by atoms with van der Waals surface area (Å²) in [4.78, 5) is 22.4. The summed E-state index contributed by atoms with van der Waals surface area (Å²) in [6.07, 6.45) is -2.21. The van der Waals surface area contributed by atoms with Gasteiger partial charge in [0.2, 0.25) is 0 Å². The lowest BCUT2D eigenvalue weighted by atomic mass is 9.88. The number of hydrogen-bond acceptors (Lipinski definition) is 5. The van der Waals surface area contributed by atoms with Crippen LogP contribution < -0.4 is 0 Å². The molecule has 94 valence electrons. The van der Waals surface area contributed by atoms with Crippen molar-refractivity contribution >= 4 is 11.9 Å². The van der Waals surface area contributed by atoms with Crippen LogP contribution >= 0.6 is 0 Å². The number of carbonyl (C=O) groups is 2. The molecule has 0 N–H and O–H groups in total. The molecule has 3 aliphatic heterocycles. The van der Waals surface area contributed by atoms with Gasteiger partial charge in [-0.05, 0) is 6.42 Å². The Labute approximate surface area is 95.0 Å². The number of halogens is 2. The summed E-state index contributed by atoms with van der Waals surface area (Å²) < 4.78 is 40.5. The molecule has 3 rings (SSSR count). The van der Waals surface area contributed by atoms with E-state index in [-0.39, 0.29) is 5.92 Å². The van der Waals surface area contributed by atoms with Crippen LogP contribution in [-0.4, -0.2) is 42.3 Å². The minimum atomic E-state index is -3.55. The normalized spacial score (nSPS) is 42.8. The fourth-order valence-electron chi connectivity index (χ4n) is 2.61. The van der Waals surface area contributed by atoms with E-state index in [4.69, 9.17) is 14.2 Å². The first-order valence-electron chi connectivity index (χ1n) is 5.33. The van der Waals surface area contributed by atoms with Crippen molar-refractivity contribution in [3.05, 3.63) is 0 Å². The van der Waals surface area contributed by atoms with Crippen molar-refractivity contribution in [2.24, 2.45) is 5.92 Å². The molecule has 3 fully saturated rings. The SMILES string of the molecule is CC(F)(F)C(=O)OC1C2CC3C(=O)OC1C3O2. The Kier molecular flexibility index (Phi) is 2.02. The molecule has 0 aromatic carbocycles. The van der Waals surface area contributed by atoms with Crippen molar-refractivity contribution in [2.75, 3.05) is 0 Å². The Morgan fingerprint density at radius 2 is 2.18 bits per heavy atom. The van der Waals surface area contributed by atoms with Gasteiger partial charge in [0.15, 0.2) is 12.2 Å². The quantitative estimate of drug-likeness (QED) is 0.656. The standard InChI is InChI=1S/C10H10F2O5/c1-10(11,12)9(14)17-6-4-2-3-5(15-4)7(6)16-8(3)13/h3-7H,2H2,1H3. The molecule has 7 heteroatoms. The number of alkyl halides is 2. The molecule has 0 spiro atoms. The second-order valence-corrected chi connectivity index (χ2v) is 4.64. The van der Waals surface area contributed by atoms with Crippen LogP contribution in [0.1, 0.15) is 13.3 Å². The maximum atomic E-state index is 12.7. The van der Waals surface area contributed by atoms with Crippen LogP contribution in [0.25, 0.3) is 0 Å². The number of fused-ring (bicyclic) bond motifs is 1. The molecule has 17 heavy (non-hydrogen) atoms. The van der Waals surface area contributed by atoms with E-state index in [1.165, 1.54) is 0 Å². The maximum absolute atomic E-state index is 12.7. The molecule has 5 unspecified atom stereocenters. The second-order valence-electron chi connectivity index (χ2n) is 4.64. The molecule has 0 aromatic rings. The molecular formula is C10H10F2O5. The Morgan fingerprint density at radius 1 is 1.47 bits per heavy atom. The largest absolute Gasteiger partial charge is 0.455 e. The first kappa shape index (κ1) is 10.9. The summed E-state index contributed by atoms with van der Waals surface area (Å²) in [6.45, 7) is 0.465. The predicted octanol–water partition coefficient (Wildman–Crippen LogP) is 0.266. The molecule has 5 nitrogen and oxygen atoms in total. The molecule has 3 aliphatic rings. The fraction of sp³-hybridized carbons (Fsp3) is 0.800. The van der Waals surface area contributed by atoms with E-state index in [2.05, 4.69) is 0 Å². The number of rotatable bonds is 2. The van der Waals surface area contributed by atoms with E-state index in [1.54, 1.807) is 0 Å². The molecule has 5 atom stereocenters. The van der Waals surface area contributed by atoms with Gasteiger partial charge in [0, 0.05) is 6.92 Å². The Hall–Kier alpha value is -1.24. The van der Waals surface area contributed by atoms with Gasteiger partial charge in [0.1, 0.15) is 6.10 Å². The van der Waals surface area contributed by atoms with Crippen molar-refractivity contribution < 1.29 is 32.6 Å². The number of carbonyl (C=O) groups excluding carboxylic acids is 2. The highest BCUT2D eigenvalue weighted by Gasteiger charge is 2.65. The first-order chi connectivity index (χ1) is 7.88. The van der Waals surface area contributed by atoms with E-state index in [1.807, 2.05) is 0 Å². The average molecular weight is 248 g/mol. The van der Waals surface area contributed by atoms with Gasteiger partial charge in [0.25, 0.3) is 0 Å². The van der Waals surface area contributed by atoms with Crippen LogP contribution in [0.3, 0.4) is 0 Å². The third-order valence-electron chi connectivity index (χ3n) is 3.39. The molecule has 3 heterocycles. The van der Waals surface area contributed by atoms with Crippen LogP contribution in [0.2, 0.25) is 0 Å². The smallest absolute Gasteiger partial charge is 0.377 e. The fourth-order valence-corrected chi connectivity index (χ4v) is 2.61. The molecular weight excluding hydrogens is 238 g/mol. The number of hydrogen-bond donors (Lipinski definition) is 0. The lowest BCUT2D eigenvalue weighted by Gasteiger charge is -2.23. The highest BCUT2D eigenvalue weighted by molar-refractivity contribution is 5.79. The van der Waals surface area contributed by atoms with Crippen molar-refractivity contribution in [3.8, 4) is 0 Å². The van der Waals surface area contributed by atoms with Gasteiger partial charge in [-0.3, -0.25) is 4.79 Å². The highest BCUT2D eigenvalue weighted by atomic mass is 19.3. The summed E-state index contributed by atoms with van der Waals surface area (Å²) in [7, 11) is 0. The molecule has 0 amide bonds. The van der Waals surface area contributed by atoms with Crippen LogP contribution in [-0.2, 0) is 23.8 Å². The summed E-state index contributed by atoms with van der Waals surface area (Å²) in [6, 6.07) is 0. The average Bonchev–Trinajstić information content (AvgIpc) is 2.80. The molecule has 3 saturated heterocycles. The summed E-state index contributed by atoms with van der Waals surface area (Å²) >= 11 is 0. The minimum Gasteiger partial charge on any atom is -0.455 e. The zero-order chi connectivity index (χ0) is 12.4. The van der Waals surface area contributed by atoms with Gasteiger partial charge in [-0.25, -0.2) is 4.79 Å². The zero-order valence-corrected chi connectivity index (χ0v) is 8.89. The Bertz CT molecular complexity index is 391. The van der Waals surface area contributed by atoms with Gasteiger partial charge >= 0.3 is 17.9 Å². The number of ether oxygens (including phenoxy) is 3. The second kappa shape index (κ2) is 3.16. The zero-order valence-electron chi connectivity index (χ0n) is 8.89. The van der Waals surface area contributed by atoms with Crippen LogP contribution in [0, 0.1) is 5.92 Å². The van der Waals surface area contributed by atoms with Gasteiger partial charge in [-0.15, -0.1) is 0 Å². The van der Waals surface area contributed by atoms with Gasteiger partial charge < -0.3 is 14.2 Å². The monoisotopic (exact) mass is 248 g/mol. The van der Waals surface area contributed by atoms with E-state index in [0.717, 1.165) is 0 Å². The highest BCUT2D eigenvalue weighted by Crippen LogP contribution is 2.47. The Morgan fingerprint density at radius 3 is 2.82 bits per heavy atom. The molecule has 0 aromatic heterocycles. The summed E-state index contributed by atoms with van der Waals surface area (Å²) in [5, 5.41) is 0. The van der Waals surface area contributed by atoms with E-state index < -0.39 is 42.3 Å². The van der Waals surface area contributed by atoms with Gasteiger partial charge in [-0.2, -0.15) is 8.78 Å². The lowest BCUT2D eigenvalue weighted by Crippen LogP contribution is -2.43. The maximum Gasteiger partial charge on any atom is 0.377 e. The van der Waals surface area contributed by atoms with Crippen LogP contribution in [0.15, 0.2) is 0 Å². The van der Waals surface area contributed by atoms with Crippen LogP contribution in [0.4, 0.5) is 8.78 Å². The Balaban J connectivity index is 1.75. The molecule has 2 bridgehead atoms. The summed E-state index contributed by atoms with van der Waals surface area (Å²) in [5.74, 6) is -5.89. The molecule has 0 saturated carbocycles. The van der Waals surface area contributed by atoms with Crippen molar-refractivity contribution in [1.29, 1.82) is 0 Å². The van der Waals surface area contributed by atoms with E-state index in [0.29, 0.717) is 13.3 Å². The first-order valence-corrected chi connectivity index (χ1v) is 5.33. The van der Waals surface area contributed by atoms with E-state index >= 15 is 0 Å². The van der Waals surface area contributed by atoms with Gasteiger partial charge in [-0.1, -0.05) is 0 Å². The van der Waals surface area contributed by atoms with Crippen LogP contribution in [0.5, 0.6) is 0 Å². The third kappa shape index (κ3) is 1.45. The minimum absolute atomic E-state index is 0.331. The number of esters is 2. The van der Waals surface area contributed by atoms with Crippen molar-refractivity contribution in [3.63, 3.8) is 0 Å². The lowest BCUT2D eigenvalue weighted by molar-refractivity contribution is -0.182. The third-order valence-corrected chi connectivity index (χ3v) is 3.39. The predicted molar refractivity (Wildman–Crippen MR) is 47.1 cm³/mol. The summed E-state index contributed by atoms with van der Waals surface area (Å²) in [5.41, 5.74) is 0. The van der Waals surface area contributed by atoms with Crippen molar-refractivity contribution in [2.45, 2.75) is 43.7 Å². The molecule has 0 aliphatic carbocycles. The topological polar surface area (TPSA) is 61.8 Å². The van der Waals surface area contributed by atoms with Crippen molar-refractivity contribution in [1.82, 2.24) is 0 Å². The molecule has 0 radical (unpaired) electrons. The van der Waals surface area contributed by atoms with Gasteiger partial charge in [0.05, 0.1) is 12.0 Å².